The molecule has 0 unspecified atom stereocenters. The highest BCUT2D eigenvalue weighted by molar-refractivity contribution is 5.92. The molecule has 0 spiro atoms. The third-order valence-electron chi connectivity index (χ3n) is 5.89. The van der Waals surface area contributed by atoms with Crippen molar-refractivity contribution >= 4 is 11.7 Å². The molecule has 0 bridgehead atoms. The van der Waals surface area contributed by atoms with E-state index in [0.717, 1.165) is 57.5 Å². The van der Waals surface area contributed by atoms with Crippen molar-refractivity contribution in [3.05, 3.63) is 23.9 Å². The first kappa shape index (κ1) is 17.7. The molecule has 1 amide bonds. The van der Waals surface area contributed by atoms with E-state index in [4.69, 9.17) is 0 Å². The molecule has 142 valence electrons. The van der Waals surface area contributed by atoms with E-state index in [-0.39, 0.29) is 5.91 Å². The lowest BCUT2D eigenvalue weighted by molar-refractivity contribution is 0.0947. The quantitative estimate of drug-likeness (QED) is 0.836. The smallest absolute Gasteiger partial charge is 0.269 e. The molecule has 1 aromatic heterocycles. The van der Waals surface area contributed by atoms with Crippen LogP contribution in [0.2, 0.25) is 0 Å². The first-order valence-corrected chi connectivity index (χ1v) is 10.2. The Morgan fingerprint density at radius 3 is 2.77 bits per heavy atom. The van der Waals surface area contributed by atoms with Crippen molar-refractivity contribution in [3.63, 3.8) is 0 Å². The molecule has 2 saturated heterocycles. The maximum atomic E-state index is 12.3. The molecule has 0 radical (unpaired) electrons. The molecular formula is C20H31N5O. The number of hydrogen-bond donors (Lipinski definition) is 2. The van der Waals surface area contributed by atoms with Gasteiger partial charge in [-0.3, -0.25) is 9.69 Å². The fourth-order valence-corrected chi connectivity index (χ4v) is 4.08. The zero-order chi connectivity index (χ0) is 17.8. The van der Waals surface area contributed by atoms with Gasteiger partial charge in [0.05, 0.1) is 0 Å². The van der Waals surface area contributed by atoms with Crippen LogP contribution in [0.3, 0.4) is 0 Å². The second kappa shape index (κ2) is 8.35. The van der Waals surface area contributed by atoms with E-state index in [9.17, 15) is 4.79 Å². The Kier molecular flexibility index (Phi) is 5.70. The van der Waals surface area contributed by atoms with Crippen LogP contribution in [0.15, 0.2) is 18.2 Å². The van der Waals surface area contributed by atoms with Gasteiger partial charge in [-0.05, 0) is 63.2 Å². The monoisotopic (exact) mass is 357 g/mol. The number of pyridine rings is 1. The predicted molar refractivity (Wildman–Crippen MR) is 104 cm³/mol. The van der Waals surface area contributed by atoms with Crippen molar-refractivity contribution in [3.8, 4) is 0 Å². The van der Waals surface area contributed by atoms with Gasteiger partial charge in [-0.15, -0.1) is 0 Å². The van der Waals surface area contributed by atoms with Crippen molar-refractivity contribution in [1.82, 2.24) is 20.5 Å². The molecule has 1 aromatic rings. The zero-order valence-corrected chi connectivity index (χ0v) is 15.6. The van der Waals surface area contributed by atoms with Gasteiger partial charge < -0.3 is 15.5 Å². The summed E-state index contributed by atoms with van der Waals surface area (Å²) in [4.78, 5) is 22.0. The first-order chi connectivity index (χ1) is 12.8. The molecule has 0 aromatic carbocycles. The highest BCUT2D eigenvalue weighted by atomic mass is 16.1. The van der Waals surface area contributed by atoms with Gasteiger partial charge >= 0.3 is 0 Å². The van der Waals surface area contributed by atoms with Crippen LogP contribution in [0.4, 0.5) is 5.82 Å². The average molecular weight is 358 g/mol. The van der Waals surface area contributed by atoms with Gasteiger partial charge in [0, 0.05) is 38.8 Å². The standard InChI is InChI=1S/C20H31N5O/c26-20(22-15-16-5-6-16)18-3-1-4-19(23-18)25-12-2-11-24(13-14-25)17-7-9-21-10-8-17/h1,3-4,16-17,21H,2,5-15H2,(H,22,26). The Balaban J connectivity index is 1.35. The molecule has 6 nitrogen and oxygen atoms in total. The normalized spacial score (nSPS) is 22.8. The van der Waals surface area contributed by atoms with Gasteiger partial charge in [0.15, 0.2) is 0 Å². The van der Waals surface area contributed by atoms with Crippen LogP contribution in [0, 0.1) is 5.92 Å². The van der Waals surface area contributed by atoms with Crippen LogP contribution in [0.5, 0.6) is 0 Å². The fourth-order valence-electron chi connectivity index (χ4n) is 4.08. The Bertz CT molecular complexity index is 612. The lowest BCUT2D eigenvalue weighted by atomic mass is 10.0. The van der Waals surface area contributed by atoms with Crippen LogP contribution in [-0.2, 0) is 0 Å². The summed E-state index contributed by atoms with van der Waals surface area (Å²) in [6.07, 6.45) is 6.16. The SMILES string of the molecule is O=C(NCC1CC1)c1cccc(N2CCCN(C3CCNCC3)CC2)n1. The minimum atomic E-state index is -0.0371. The number of nitrogens with one attached hydrogen (secondary N) is 2. The Morgan fingerprint density at radius 1 is 1.12 bits per heavy atom. The number of hydrogen-bond acceptors (Lipinski definition) is 5. The van der Waals surface area contributed by atoms with E-state index >= 15 is 0 Å². The topological polar surface area (TPSA) is 60.5 Å². The van der Waals surface area contributed by atoms with Gasteiger partial charge in [0.2, 0.25) is 0 Å². The van der Waals surface area contributed by atoms with Crippen LogP contribution < -0.4 is 15.5 Å². The maximum absolute atomic E-state index is 12.3. The number of anilines is 1. The maximum Gasteiger partial charge on any atom is 0.269 e. The van der Waals surface area contributed by atoms with Crippen molar-refractivity contribution in [2.24, 2.45) is 5.92 Å². The summed E-state index contributed by atoms with van der Waals surface area (Å²) in [5, 5.41) is 6.48. The van der Waals surface area contributed by atoms with E-state index in [1.807, 2.05) is 18.2 Å². The molecule has 3 aliphatic rings. The lowest BCUT2D eigenvalue weighted by Crippen LogP contribution is -2.44. The number of carbonyl (C=O) groups is 1. The second-order valence-corrected chi connectivity index (χ2v) is 7.89. The average Bonchev–Trinajstić information content (AvgIpc) is 3.53. The minimum Gasteiger partial charge on any atom is -0.355 e. The van der Waals surface area contributed by atoms with Crippen LogP contribution in [0.1, 0.15) is 42.6 Å². The molecule has 1 aliphatic carbocycles. The zero-order valence-electron chi connectivity index (χ0n) is 15.6. The van der Waals surface area contributed by atoms with Crippen molar-refractivity contribution < 1.29 is 4.79 Å². The van der Waals surface area contributed by atoms with Crippen LogP contribution in [0.25, 0.3) is 0 Å². The van der Waals surface area contributed by atoms with Crippen molar-refractivity contribution in [2.75, 3.05) is 50.7 Å². The molecule has 4 rings (SSSR count). The van der Waals surface area contributed by atoms with E-state index in [0.29, 0.717) is 11.6 Å². The summed E-state index contributed by atoms with van der Waals surface area (Å²) in [5.41, 5.74) is 0.544. The molecule has 6 heteroatoms. The summed E-state index contributed by atoms with van der Waals surface area (Å²) < 4.78 is 0. The molecule has 3 fully saturated rings. The summed E-state index contributed by atoms with van der Waals surface area (Å²) in [6, 6.07) is 6.55. The highest BCUT2D eigenvalue weighted by Gasteiger charge is 2.25. The number of aromatic nitrogens is 1. The van der Waals surface area contributed by atoms with E-state index < -0.39 is 0 Å². The number of nitrogens with zero attached hydrogens (tertiary/aromatic N) is 3. The molecule has 2 aliphatic heterocycles. The highest BCUT2D eigenvalue weighted by Crippen LogP contribution is 2.27. The van der Waals surface area contributed by atoms with Gasteiger partial charge in [-0.2, -0.15) is 0 Å². The summed E-state index contributed by atoms with van der Waals surface area (Å²) in [7, 11) is 0. The lowest BCUT2D eigenvalue weighted by Gasteiger charge is -2.33. The Labute approximate surface area is 156 Å². The van der Waals surface area contributed by atoms with Crippen LogP contribution >= 0.6 is 0 Å². The predicted octanol–water partition coefficient (Wildman–Crippen LogP) is 1.49. The molecule has 1 saturated carbocycles. The summed E-state index contributed by atoms with van der Waals surface area (Å²) in [5.74, 6) is 1.59. The number of piperidine rings is 1. The van der Waals surface area contributed by atoms with Crippen LogP contribution in [-0.4, -0.2) is 67.6 Å². The third kappa shape index (κ3) is 4.54. The summed E-state index contributed by atoms with van der Waals surface area (Å²) in [6.45, 7) is 7.34. The summed E-state index contributed by atoms with van der Waals surface area (Å²) >= 11 is 0. The first-order valence-electron chi connectivity index (χ1n) is 10.2. The van der Waals surface area contributed by atoms with Gasteiger partial charge in [-0.25, -0.2) is 4.98 Å². The number of carbonyl (C=O) groups excluding carboxylic acids is 1. The second-order valence-electron chi connectivity index (χ2n) is 7.89. The molecular weight excluding hydrogens is 326 g/mol. The number of amides is 1. The van der Waals surface area contributed by atoms with E-state index in [1.165, 1.54) is 32.2 Å². The van der Waals surface area contributed by atoms with Gasteiger partial charge in [0.25, 0.3) is 5.91 Å². The number of rotatable bonds is 5. The van der Waals surface area contributed by atoms with Gasteiger partial charge in [0.1, 0.15) is 11.5 Å². The molecule has 3 heterocycles. The molecule has 2 N–H and O–H groups in total. The van der Waals surface area contributed by atoms with E-state index in [2.05, 4.69) is 25.4 Å². The van der Waals surface area contributed by atoms with E-state index in [1.54, 1.807) is 0 Å². The Morgan fingerprint density at radius 2 is 1.96 bits per heavy atom. The van der Waals surface area contributed by atoms with Gasteiger partial charge in [-0.1, -0.05) is 6.07 Å². The van der Waals surface area contributed by atoms with Crippen molar-refractivity contribution in [2.45, 2.75) is 38.1 Å². The third-order valence-corrected chi connectivity index (χ3v) is 5.89. The molecule has 26 heavy (non-hydrogen) atoms. The van der Waals surface area contributed by atoms with Crippen molar-refractivity contribution in [1.29, 1.82) is 0 Å². The molecule has 0 atom stereocenters. The largest absolute Gasteiger partial charge is 0.355 e. The minimum absolute atomic E-state index is 0.0371. The fraction of sp³-hybridized carbons (Fsp3) is 0.700. The Hall–Kier alpha value is -1.66.